The number of carbonyl (C=O) groups excluding carboxylic acids is 1. The van der Waals surface area contributed by atoms with Crippen molar-refractivity contribution in [1.82, 2.24) is 5.32 Å². The van der Waals surface area contributed by atoms with Gasteiger partial charge in [0, 0.05) is 6.54 Å². The lowest BCUT2D eigenvalue weighted by molar-refractivity contribution is -0.143. The Bertz CT molecular complexity index is 496. The number of amides is 1. The standard InChI is InChI=1S/C23H45NO12/c1-21(2)36-18-17-34-16-15-33-14-13-32-12-11-31-10-9-30-8-7-29-6-5-28-4-3-24-22(25)19-35-20-23(26)27/h21H,3-20H2,1-2H3,(H,24,25)(H,26,27). The maximum Gasteiger partial charge on any atom is 0.329 e. The molecule has 0 atom stereocenters. The van der Waals surface area contributed by atoms with Crippen LogP contribution in [-0.4, -0.2) is 142 Å². The predicted octanol–water partition coefficient (Wildman–Crippen LogP) is -0.255. The first-order chi connectivity index (χ1) is 17.5. The average molecular weight is 528 g/mol. The van der Waals surface area contributed by atoms with Crippen molar-refractivity contribution in [2.24, 2.45) is 0 Å². The molecule has 0 saturated carbocycles. The Morgan fingerprint density at radius 1 is 0.556 bits per heavy atom. The molecule has 0 rings (SSSR count). The number of carboxylic acids is 1. The second-order valence-corrected chi connectivity index (χ2v) is 7.44. The van der Waals surface area contributed by atoms with Gasteiger partial charge in [0.05, 0.1) is 105 Å². The normalized spacial score (nSPS) is 11.3. The molecule has 0 fully saturated rings. The minimum Gasteiger partial charge on any atom is -0.480 e. The van der Waals surface area contributed by atoms with Gasteiger partial charge in [-0.15, -0.1) is 0 Å². The molecule has 214 valence electrons. The second kappa shape index (κ2) is 28.2. The van der Waals surface area contributed by atoms with Crippen LogP contribution in [0, 0.1) is 0 Å². The van der Waals surface area contributed by atoms with Gasteiger partial charge in [-0.1, -0.05) is 0 Å². The Labute approximate surface area is 213 Å². The van der Waals surface area contributed by atoms with Crippen molar-refractivity contribution in [2.75, 3.05) is 119 Å². The lowest BCUT2D eigenvalue weighted by atomic mass is 10.5. The lowest BCUT2D eigenvalue weighted by Crippen LogP contribution is -2.31. The summed E-state index contributed by atoms with van der Waals surface area (Å²) in [5.41, 5.74) is 0. The van der Waals surface area contributed by atoms with Crippen LogP contribution in [0.2, 0.25) is 0 Å². The van der Waals surface area contributed by atoms with Gasteiger partial charge in [0.15, 0.2) is 0 Å². The quantitative estimate of drug-likeness (QED) is 0.123. The van der Waals surface area contributed by atoms with E-state index in [4.69, 9.17) is 43.0 Å². The molecule has 36 heavy (non-hydrogen) atoms. The maximum absolute atomic E-state index is 11.3. The molecule has 0 aromatic carbocycles. The highest BCUT2D eigenvalue weighted by Gasteiger charge is 2.03. The van der Waals surface area contributed by atoms with Crippen molar-refractivity contribution in [3.05, 3.63) is 0 Å². The molecular formula is C23H45NO12. The van der Waals surface area contributed by atoms with Gasteiger partial charge in [0.25, 0.3) is 0 Å². The Balaban J connectivity index is 3.10. The lowest BCUT2D eigenvalue weighted by Gasteiger charge is -2.09. The Morgan fingerprint density at radius 3 is 1.28 bits per heavy atom. The molecule has 13 heteroatoms. The molecule has 0 aliphatic heterocycles. The highest BCUT2D eigenvalue weighted by Crippen LogP contribution is 1.88. The summed E-state index contributed by atoms with van der Waals surface area (Å²) >= 11 is 0. The van der Waals surface area contributed by atoms with Crippen molar-refractivity contribution in [2.45, 2.75) is 20.0 Å². The SMILES string of the molecule is CC(C)OCCOCCOCCOCCOCCOCCOCCOCCNC(=O)COCC(=O)O. The van der Waals surface area contributed by atoms with Crippen molar-refractivity contribution in [3.8, 4) is 0 Å². The Hall–Kier alpha value is -1.42. The van der Waals surface area contributed by atoms with Gasteiger partial charge >= 0.3 is 5.97 Å². The van der Waals surface area contributed by atoms with E-state index in [0.717, 1.165) is 0 Å². The topological polar surface area (TPSA) is 149 Å². The van der Waals surface area contributed by atoms with Gasteiger partial charge in [0.2, 0.25) is 5.91 Å². The molecule has 0 saturated heterocycles. The molecule has 0 unspecified atom stereocenters. The average Bonchev–Trinajstić information content (AvgIpc) is 2.83. The van der Waals surface area contributed by atoms with E-state index in [1.165, 1.54) is 0 Å². The summed E-state index contributed by atoms with van der Waals surface area (Å²) in [6.07, 6.45) is 0.223. The molecule has 13 nitrogen and oxygen atoms in total. The molecule has 1 amide bonds. The second-order valence-electron chi connectivity index (χ2n) is 7.44. The fourth-order valence-corrected chi connectivity index (χ4v) is 2.31. The first kappa shape index (κ1) is 34.6. The monoisotopic (exact) mass is 527 g/mol. The molecule has 0 aromatic heterocycles. The van der Waals surface area contributed by atoms with Crippen LogP contribution in [0.4, 0.5) is 0 Å². The summed E-state index contributed by atoms with van der Waals surface area (Å²) < 4.78 is 47.7. The highest BCUT2D eigenvalue weighted by atomic mass is 16.6. The number of carboxylic acid groups (broad SMARTS) is 1. The molecule has 0 radical (unpaired) electrons. The predicted molar refractivity (Wildman–Crippen MR) is 128 cm³/mol. The largest absolute Gasteiger partial charge is 0.480 e. The third-order valence-electron chi connectivity index (χ3n) is 3.94. The van der Waals surface area contributed by atoms with Crippen molar-refractivity contribution in [1.29, 1.82) is 0 Å². The number of carbonyl (C=O) groups is 2. The third kappa shape index (κ3) is 30.6. The zero-order valence-corrected chi connectivity index (χ0v) is 21.7. The highest BCUT2D eigenvalue weighted by molar-refractivity contribution is 5.77. The van der Waals surface area contributed by atoms with E-state index < -0.39 is 18.5 Å². The zero-order valence-electron chi connectivity index (χ0n) is 21.7. The molecule has 0 aliphatic carbocycles. The summed E-state index contributed by atoms with van der Waals surface area (Å²) in [6.45, 7) is 10.7. The molecule has 0 aliphatic rings. The molecule has 0 spiro atoms. The van der Waals surface area contributed by atoms with Gasteiger partial charge in [-0.05, 0) is 13.8 Å². The Morgan fingerprint density at radius 2 is 0.917 bits per heavy atom. The molecular weight excluding hydrogens is 482 g/mol. The summed E-state index contributed by atoms with van der Waals surface area (Å²) in [6, 6.07) is 0. The summed E-state index contributed by atoms with van der Waals surface area (Å²) in [7, 11) is 0. The van der Waals surface area contributed by atoms with E-state index in [-0.39, 0.29) is 12.7 Å². The fraction of sp³-hybridized carbons (Fsp3) is 0.913. The van der Waals surface area contributed by atoms with Gasteiger partial charge in [0.1, 0.15) is 13.2 Å². The van der Waals surface area contributed by atoms with Crippen LogP contribution in [0.15, 0.2) is 0 Å². The van der Waals surface area contributed by atoms with Crippen LogP contribution in [0.25, 0.3) is 0 Å². The van der Waals surface area contributed by atoms with E-state index in [0.29, 0.717) is 106 Å². The number of nitrogens with one attached hydrogen (secondary N) is 1. The fourth-order valence-electron chi connectivity index (χ4n) is 2.31. The molecule has 0 bridgehead atoms. The van der Waals surface area contributed by atoms with E-state index in [1.54, 1.807) is 0 Å². The van der Waals surface area contributed by atoms with Crippen LogP contribution >= 0.6 is 0 Å². The summed E-state index contributed by atoms with van der Waals surface area (Å²) in [5, 5.41) is 10.9. The zero-order chi connectivity index (χ0) is 26.5. The van der Waals surface area contributed by atoms with Crippen molar-refractivity contribution in [3.63, 3.8) is 0 Å². The maximum atomic E-state index is 11.3. The third-order valence-corrected chi connectivity index (χ3v) is 3.94. The van der Waals surface area contributed by atoms with Gasteiger partial charge < -0.3 is 53.1 Å². The molecule has 2 N–H and O–H groups in total. The number of aliphatic carboxylic acids is 1. The van der Waals surface area contributed by atoms with Crippen LogP contribution in [0.3, 0.4) is 0 Å². The number of hydrogen-bond acceptors (Lipinski definition) is 11. The molecule has 0 aromatic rings. The van der Waals surface area contributed by atoms with Crippen LogP contribution in [0.5, 0.6) is 0 Å². The smallest absolute Gasteiger partial charge is 0.329 e. The summed E-state index contributed by atoms with van der Waals surface area (Å²) in [4.78, 5) is 21.6. The van der Waals surface area contributed by atoms with Gasteiger partial charge in [-0.25, -0.2) is 4.79 Å². The van der Waals surface area contributed by atoms with E-state index in [9.17, 15) is 9.59 Å². The van der Waals surface area contributed by atoms with Crippen molar-refractivity contribution >= 4 is 11.9 Å². The van der Waals surface area contributed by atoms with E-state index >= 15 is 0 Å². The number of hydrogen-bond donors (Lipinski definition) is 2. The minimum absolute atomic E-state index is 0.223. The van der Waals surface area contributed by atoms with Crippen LogP contribution in [-0.2, 0) is 52.2 Å². The van der Waals surface area contributed by atoms with E-state index in [2.05, 4.69) is 10.1 Å². The van der Waals surface area contributed by atoms with Crippen molar-refractivity contribution < 1.29 is 57.3 Å². The Kier molecular flexibility index (Phi) is 27.0. The van der Waals surface area contributed by atoms with Gasteiger partial charge in [-0.3, -0.25) is 4.79 Å². The molecule has 0 heterocycles. The number of ether oxygens (including phenoxy) is 9. The van der Waals surface area contributed by atoms with Crippen LogP contribution < -0.4 is 5.32 Å². The number of rotatable bonds is 29. The van der Waals surface area contributed by atoms with Crippen LogP contribution in [0.1, 0.15) is 13.8 Å². The summed E-state index contributed by atoms with van der Waals surface area (Å²) in [5.74, 6) is -1.51. The first-order valence-electron chi connectivity index (χ1n) is 12.2. The van der Waals surface area contributed by atoms with E-state index in [1.807, 2.05) is 13.8 Å². The van der Waals surface area contributed by atoms with Gasteiger partial charge in [-0.2, -0.15) is 0 Å². The first-order valence-corrected chi connectivity index (χ1v) is 12.2. The minimum atomic E-state index is -1.12.